The molecule has 1 aromatic heterocycles. The highest BCUT2D eigenvalue weighted by Gasteiger charge is 2.13. The summed E-state index contributed by atoms with van der Waals surface area (Å²) in [6, 6.07) is 13.4. The van der Waals surface area contributed by atoms with Gasteiger partial charge in [-0.25, -0.2) is 0 Å². The van der Waals surface area contributed by atoms with Crippen LogP contribution in [-0.2, 0) is 0 Å². The molecule has 0 atom stereocenters. The molecule has 0 saturated carbocycles. The van der Waals surface area contributed by atoms with Gasteiger partial charge in [-0.05, 0) is 42.8 Å². The predicted molar refractivity (Wildman–Crippen MR) is 82.0 cm³/mol. The van der Waals surface area contributed by atoms with E-state index in [9.17, 15) is 0 Å². The Morgan fingerprint density at radius 3 is 2.60 bits per heavy atom. The number of nitrogens with two attached hydrogens (primary N) is 1. The number of nitrogens with zero attached hydrogens (tertiary/aromatic N) is 2. The Kier molecular flexibility index (Phi) is 3.28. The molecule has 0 saturated heterocycles. The molecule has 0 aliphatic rings. The number of aromatic nitrogens is 2. The van der Waals surface area contributed by atoms with E-state index < -0.39 is 0 Å². The molecule has 0 bridgehead atoms. The number of hydrogen-bond acceptors (Lipinski definition) is 4. The number of nitrogen functional groups attached to an aromatic ring is 1. The van der Waals surface area contributed by atoms with Gasteiger partial charge in [0.15, 0.2) is 0 Å². The van der Waals surface area contributed by atoms with Crippen LogP contribution in [0.3, 0.4) is 0 Å². The van der Waals surface area contributed by atoms with E-state index in [0.29, 0.717) is 11.7 Å². The fraction of sp³-hybridized carbons (Fsp3) is 0.0667. The topological polar surface area (TPSA) is 64.9 Å². The van der Waals surface area contributed by atoms with E-state index in [4.69, 9.17) is 10.3 Å². The van der Waals surface area contributed by atoms with Crippen molar-refractivity contribution in [2.45, 2.75) is 6.92 Å². The first kappa shape index (κ1) is 12.9. The highest BCUT2D eigenvalue weighted by atomic mass is 79.9. The Balaban J connectivity index is 2.02. The van der Waals surface area contributed by atoms with Gasteiger partial charge in [0, 0.05) is 21.3 Å². The van der Waals surface area contributed by atoms with E-state index in [1.165, 1.54) is 0 Å². The smallest absolute Gasteiger partial charge is 0.258 e. The maximum absolute atomic E-state index is 5.90. The summed E-state index contributed by atoms with van der Waals surface area (Å²) in [4.78, 5) is 4.43. The molecule has 0 aliphatic heterocycles. The Morgan fingerprint density at radius 1 is 1.10 bits per heavy atom. The Morgan fingerprint density at radius 2 is 1.85 bits per heavy atom. The average molecular weight is 330 g/mol. The maximum Gasteiger partial charge on any atom is 0.258 e. The molecule has 4 nitrogen and oxygen atoms in total. The van der Waals surface area contributed by atoms with Crippen molar-refractivity contribution in [2.75, 3.05) is 5.73 Å². The quantitative estimate of drug-likeness (QED) is 0.720. The van der Waals surface area contributed by atoms with Crippen LogP contribution >= 0.6 is 15.9 Å². The van der Waals surface area contributed by atoms with Gasteiger partial charge in [-0.1, -0.05) is 33.2 Å². The summed E-state index contributed by atoms with van der Waals surface area (Å²) < 4.78 is 6.33. The van der Waals surface area contributed by atoms with Crippen molar-refractivity contribution in [3.63, 3.8) is 0 Å². The van der Waals surface area contributed by atoms with Crippen molar-refractivity contribution in [2.24, 2.45) is 0 Å². The van der Waals surface area contributed by atoms with Crippen LogP contribution in [0.1, 0.15) is 5.56 Å². The van der Waals surface area contributed by atoms with Crippen molar-refractivity contribution >= 4 is 21.6 Å². The summed E-state index contributed by atoms with van der Waals surface area (Å²) >= 11 is 3.40. The number of anilines is 1. The van der Waals surface area contributed by atoms with Crippen LogP contribution < -0.4 is 5.73 Å². The van der Waals surface area contributed by atoms with Crippen molar-refractivity contribution in [3.8, 4) is 22.8 Å². The van der Waals surface area contributed by atoms with E-state index in [0.717, 1.165) is 26.9 Å². The van der Waals surface area contributed by atoms with Crippen LogP contribution in [0.2, 0.25) is 0 Å². The largest absolute Gasteiger partial charge is 0.398 e. The highest BCUT2D eigenvalue weighted by molar-refractivity contribution is 9.10. The van der Waals surface area contributed by atoms with E-state index >= 15 is 0 Å². The van der Waals surface area contributed by atoms with Gasteiger partial charge in [-0.15, -0.1) is 0 Å². The Bertz CT molecular complexity index is 750. The molecule has 2 aromatic carbocycles. The lowest BCUT2D eigenvalue weighted by atomic mass is 10.1. The third-order valence-corrected chi connectivity index (χ3v) is 3.66. The van der Waals surface area contributed by atoms with Crippen LogP contribution in [0.15, 0.2) is 51.5 Å². The number of benzene rings is 2. The standard InChI is InChI=1S/C15H12BrN3O/c1-9-12(3-2-4-13(9)17)14-18-15(20-19-14)10-5-7-11(16)8-6-10/h2-8H,17H2,1H3. The average Bonchev–Trinajstić information content (AvgIpc) is 2.92. The fourth-order valence-corrected chi connectivity index (χ4v) is 2.20. The first-order valence-electron chi connectivity index (χ1n) is 6.10. The van der Waals surface area contributed by atoms with Gasteiger partial charge in [-0.3, -0.25) is 0 Å². The second-order valence-electron chi connectivity index (χ2n) is 4.45. The SMILES string of the molecule is Cc1c(N)cccc1-c1noc(-c2ccc(Br)cc2)n1. The summed E-state index contributed by atoms with van der Waals surface area (Å²) in [7, 11) is 0. The van der Waals surface area contributed by atoms with Gasteiger partial charge >= 0.3 is 0 Å². The van der Waals surface area contributed by atoms with Gasteiger partial charge in [-0.2, -0.15) is 4.98 Å². The molecule has 0 spiro atoms. The molecule has 1 heterocycles. The fourth-order valence-electron chi connectivity index (χ4n) is 1.94. The first-order chi connectivity index (χ1) is 9.65. The molecule has 0 radical (unpaired) electrons. The van der Waals surface area contributed by atoms with E-state index in [1.54, 1.807) is 0 Å². The van der Waals surface area contributed by atoms with Crippen LogP contribution in [0, 0.1) is 6.92 Å². The molecule has 3 aromatic rings. The molecule has 100 valence electrons. The number of halogens is 1. The minimum atomic E-state index is 0.495. The Hall–Kier alpha value is -2.14. The monoisotopic (exact) mass is 329 g/mol. The van der Waals surface area contributed by atoms with Gasteiger partial charge in [0.2, 0.25) is 5.82 Å². The van der Waals surface area contributed by atoms with Crippen molar-refractivity contribution in [1.82, 2.24) is 10.1 Å². The lowest BCUT2D eigenvalue weighted by Crippen LogP contribution is -1.92. The van der Waals surface area contributed by atoms with Gasteiger partial charge in [0.25, 0.3) is 5.89 Å². The lowest BCUT2D eigenvalue weighted by Gasteiger charge is -2.03. The molecule has 3 rings (SSSR count). The lowest BCUT2D eigenvalue weighted by molar-refractivity contribution is 0.432. The normalized spacial score (nSPS) is 10.7. The molecular weight excluding hydrogens is 318 g/mol. The zero-order valence-electron chi connectivity index (χ0n) is 10.8. The zero-order chi connectivity index (χ0) is 14.1. The molecule has 0 unspecified atom stereocenters. The minimum absolute atomic E-state index is 0.495. The summed E-state index contributed by atoms with van der Waals surface area (Å²) in [5.74, 6) is 1.04. The summed E-state index contributed by atoms with van der Waals surface area (Å²) in [5.41, 5.74) is 9.34. The zero-order valence-corrected chi connectivity index (χ0v) is 12.4. The summed E-state index contributed by atoms with van der Waals surface area (Å²) in [6.45, 7) is 1.94. The van der Waals surface area contributed by atoms with Crippen LogP contribution in [-0.4, -0.2) is 10.1 Å². The molecule has 0 amide bonds. The van der Waals surface area contributed by atoms with Crippen molar-refractivity contribution in [3.05, 3.63) is 52.5 Å². The van der Waals surface area contributed by atoms with Crippen LogP contribution in [0.25, 0.3) is 22.8 Å². The third-order valence-electron chi connectivity index (χ3n) is 3.13. The van der Waals surface area contributed by atoms with E-state index in [-0.39, 0.29) is 0 Å². The Labute approximate surface area is 124 Å². The second-order valence-corrected chi connectivity index (χ2v) is 5.37. The molecule has 2 N–H and O–H groups in total. The van der Waals surface area contributed by atoms with Crippen LogP contribution in [0.5, 0.6) is 0 Å². The molecular formula is C15H12BrN3O. The van der Waals surface area contributed by atoms with Gasteiger partial charge in [0.1, 0.15) is 0 Å². The molecule has 5 heteroatoms. The van der Waals surface area contributed by atoms with E-state index in [1.807, 2.05) is 49.4 Å². The predicted octanol–water partition coefficient (Wildman–Crippen LogP) is 4.06. The van der Waals surface area contributed by atoms with Crippen LogP contribution in [0.4, 0.5) is 5.69 Å². The summed E-state index contributed by atoms with van der Waals surface area (Å²) in [6.07, 6.45) is 0. The number of hydrogen-bond donors (Lipinski definition) is 1. The number of rotatable bonds is 2. The van der Waals surface area contributed by atoms with Gasteiger partial charge in [0.05, 0.1) is 0 Å². The van der Waals surface area contributed by atoms with Crippen molar-refractivity contribution < 1.29 is 4.52 Å². The molecule has 0 fully saturated rings. The first-order valence-corrected chi connectivity index (χ1v) is 6.89. The van der Waals surface area contributed by atoms with Crippen molar-refractivity contribution in [1.29, 1.82) is 0 Å². The maximum atomic E-state index is 5.90. The third kappa shape index (κ3) is 2.32. The second kappa shape index (κ2) is 5.09. The minimum Gasteiger partial charge on any atom is -0.398 e. The highest BCUT2D eigenvalue weighted by Crippen LogP contribution is 2.27. The molecule has 20 heavy (non-hydrogen) atoms. The molecule has 0 aliphatic carbocycles. The summed E-state index contributed by atoms with van der Waals surface area (Å²) in [5, 5.41) is 4.03. The van der Waals surface area contributed by atoms with E-state index in [2.05, 4.69) is 26.1 Å². The van der Waals surface area contributed by atoms with Gasteiger partial charge < -0.3 is 10.3 Å².